The second-order valence-electron chi connectivity index (χ2n) is 5.36. The fraction of sp³-hybridized carbons (Fsp3) is 0.294. The second-order valence-corrected chi connectivity index (χ2v) is 5.36. The summed E-state index contributed by atoms with van der Waals surface area (Å²) in [6.45, 7) is 2.03. The largest absolute Gasteiger partial charge is 0.478 e. The van der Waals surface area contributed by atoms with Crippen LogP contribution in [0.25, 0.3) is 11.3 Å². The molecule has 102 valence electrons. The maximum absolute atomic E-state index is 11.5. The van der Waals surface area contributed by atoms with Crippen molar-refractivity contribution in [1.82, 2.24) is 4.98 Å². The average molecular weight is 267 g/mol. The van der Waals surface area contributed by atoms with Crippen molar-refractivity contribution in [3.05, 3.63) is 52.7 Å². The molecule has 1 aliphatic carbocycles. The number of aryl methyl sites for hydroxylation is 2. The van der Waals surface area contributed by atoms with Crippen LogP contribution >= 0.6 is 0 Å². The summed E-state index contributed by atoms with van der Waals surface area (Å²) in [4.78, 5) is 16.2. The number of carboxylic acids is 1. The Hall–Kier alpha value is -2.16. The zero-order valence-corrected chi connectivity index (χ0v) is 11.5. The van der Waals surface area contributed by atoms with E-state index in [2.05, 4.69) is 0 Å². The van der Waals surface area contributed by atoms with Crippen molar-refractivity contribution in [1.29, 1.82) is 0 Å². The first-order valence-electron chi connectivity index (χ1n) is 6.98. The van der Waals surface area contributed by atoms with E-state index in [1.54, 1.807) is 6.07 Å². The molecular formula is C17H17NO2. The van der Waals surface area contributed by atoms with E-state index in [1.807, 2.05) is 31.2 Å². The Morgan fingerprint density at radius 2 is 1.85 bits per heavy atom. The molecule has 0 unspecified atom stereocenters. The minimum Gasteiger partial charge on any atom is -0.478 e. The van der Waals surface area contributed by atoms with Crippen LogP contribution in [0.15, 0.2) is 30.3 Å². The minimum atomic E-state index is -0.848. The molecule has 2 aromatic rings. The lowest BCUT2D eigenvalue weighted by Gasteiger charge is -2.18. The van der Waals surface area contributed by atoms with Gasteiger partial charge >= 0.3 is 5.97 Å². The van der Waals surface area contributed by atoms with Crippen LogP contribution in [0.5, 0.6) is 0 Å². The van der Waals surface area contributed by atoms with Crippen molar-refractivity contribution in [2.24, 2.45) is 0 Å². The van der Waals surface area contributed by atoms with E-state index in [1.165, 1.54) is 5.56 Å². The number of fused-ring (bicyclic) bond motifs is 1. The number of carboxylic acid groups (broad SMARTS) is 1. The monoisotopic (exact) mass is 267 g/mol. The number of carbonyl (C=O) groups is 1. The lowest BCUT2D eigenvalue weighted by atomic mass is 9.91. The molecule has 0 amide bonds. The van der Waals surface area contributed by atoms with E-state index in [4.69, 9.17) is 4.98 Å². The Morgan fingerprint density at radius 3 is 2.55 bits per heavy atom. The van der Waals surface area contributed by atoms with Crippen molar-refractivity contribution in [3.8, 4) is 11.3 Å². The maximum Gasteiger partial charge on any atom is 0.336 e. The Balaban J connectivity index is 2.14. The van der Waals surface area contributed by atoms with Gasteiger partial charge in [-0.3, -0.25) is 4.98 Å². The smallest absolute Gasteiger partial charge is 0.336 e. The molecule has 0 fully saturated rings. The summed E-state index contributed by atoms with van der Waals surface area (Å²) in [5, 5.41) is 9.43. The number of benzene rings is 1. The van der Waals surface area contributed by atoms with E-state index in [-0.39, 0.29) is 0 Å². The van der Waals surface area contributed by atoms with Gasteiger partial charge in [-0.2, -0.15) is 0 Å². The summed E-state index contributed by atoms with van der Waals surface area (Å²) < 4.78 is 0. The molecule has 0 saturated heterocycles. The van der Waals surface area contributed by atoms with Gasteiger partial charge in [0.2, 0.25) is 0 Å². The van der Waals surface area contributed by atoms with Gasteiger partial charge in [-0.1, -0.05) is 29.8 Å². The Kier molecular flexibility index (Phi) is 3.26. The van der Waals surface area contributed by atoms with Crippen LogP contribution in [0.3, 0.4) is 0 Å². The number of hydrogen-bond acceptors (Lipinski definition) is 2. The molecular weight excluding hydrogens is 250 g/mol. The van der Waals surface area contributed by atoms with Gasteiger partial charge in [0, 0.05) is 11.3 Å². The molecule has 0 bridgehead atoms. The van der Waals surface area contributed by atoms with Crippen LogP contribution in [0, 0.1) is 6.92 Å². The van der Waals surface area contributed by atoms with Gasteiger partial charge in [-0.25, -0.2) is 4.79 Å². The Morgan fingerprint density at radius 1 is 1.15 bits per heavy atom. The van der Waals surface area contributed by atoms with Gasteiger partial charge in [0.25, 0.3) is 0 Å². The van der Waals surface area contributed by atoms with E-state index in [0.29, 0.717) is 5.56 Å². The first-order chi connectivity index (χ1) is 9.65. The third-order valence-electron chi connectivity index (χ3n) is 3.88. The van der Waals surface area contributed by atoms with Crippen molar-refractivity contribution in [2.75, 3.05) is 0 Å². The number of hydrogen-bond donors (Lipinski definition) is 1. The lowest BCUT2D eigenvalue weighted by Crippen LogP contribution is -2.13. The highest BCUT2D eigenvalue weighted by atomic mass is 16.4. The van der Waals surface area contributed by atoms with Crippen LogP contribution in [0.1, 0.15) is 40.0 Å². The van der Waals surface area contributed by atoms with Gasteiger partial charge in [0.05, 0.1) is 11.3 Å². The molecule has 1 N–H and O–H groups in total. The molecule has 3 rings (SSSR count). The molecule has 1 heterocycles. The molecule has 3 nitrogen and oxygen atoms in total. The van der Waals surface area contributed by atoms with Crippen LogP contribution < -0.4 is 0 Å². The van der Waals surface area contributed by atoms with Crippen molar-refractivity contribution in [3.63, 3.8) is 0 Å². The molecule has 20 heavy (non-hydrogen) atoms. The summed E-state index contributed by atoms with van der Waals surface area (Å²) >= 11 is 0. The summed E-state index contributed by atoms with van der Waals surface area (Å²) in [6, 6.07) is 9.77. The Labute approximate surface area is 118 Å². The zero-order chi connectivity index (χ0) is 14.1. The highest BCUT2D eigenvalue weighted by molar-refractivity contribution is 5.91. The molecule has 0 aliphatic heterocycles. The molecule has 1 aliphatic rings. The van der Waals surface area contributed by atoms with Crippen LogP contribution in [0.2, 0.25) is 0 Å². The standard InChI is InChI=1S/C17H17NO2/c1-11-6-8-12(9-7-11)16-10-14(17(19)20)13-4-2-3-5-15(13)18-16/h6-10H,2-5H2,1H3,(H,19,20). The maximum atomic E-state index is 11.5. The number of nitrogens with zero attached hydrogens (tertiary/aromatic N) is 1. The van der Waals surface area contributed by atoms with Gasteiger partial charge in [-0.15, -0.1) is 0 Å². The number of aromatic nitrogens is 1. The molecule has 0 saturated carbocycles. The fourth-order valence-electron chi connectivity index (χ4n) is 2.77. The van der Waals surface area contributed by atoms with E-state index >= 15 is 0 Å². The third-order valence-corrected chi connectivity index (χ3v) is 3.88. The van der Waals surface area contributed by atoms with Gasteiger partial charge < -0.3 is 5.11 Å². The summed E-state index contributed by atoms with van der Waals surface area (Å²) in [7, 11) is 0. The molecule has 0 spiro atoms. The third kappa shape index (κ3) is 2.31. The van der Waals surface area contributed by atoms with Crippen LogP contribution in [-0.2, 0) is 12.8 Å². The quantitative estimate of drug-likeness (QED) is 0.903. The summed E-state index contributed by atoms with van der Waals surface area (Å²) in [5.41, 5.74) is 5.25. The molecule has 1 aromatic heterocycles. The molecule has 0 atom stereocenters. The van der Waals surface area contributed by atoms with E-state index in [0.717, 1.165) is 48.2 Å². The van der Waals surface area contributed by atoms with Crippen molar-refractivity contribution < 1.29 is 9.90 Å². The normalized spacial score (nSPS) is 13.8. The SMILES string of the molecule is Cc1ccc(-c2cc(C(=O)O)c3c(n2)CCCC3)cc1. The van der Waals surface area contributed by atoms with E-state index in [9.17, 15) is 9.90 Å². The highest BCUT2D eigenvalue weighted by Gasteiger charge is 2.20. The Bertz CT molecular complexity index is 659. The van der Waals surface area contributed by atoms with Crippen molar-refractivity contribution >= 4 is 5.97 Å². The van der Waals surface area contributed by atoms with Crippen molar-refractivity contribution in [2.45, 2.75) is 32.6 Å². The number of rotatable bonds is 2. The topological polar surface area (TPSA) is 50.2 Å². The van der Waals surface area contributed by atoms with Gasteiger partial charge in [-0.05, 0) is 44.2 Å². The molecule has 0 radical (unpaired) electrons. The number of aromatic carboxylic acids is 1. The minimum absolute atomic E-state index is 0.422. The first-order valence-corrected chi connectivity index (χ1v) is 6.98. The van der Waals surface area contributed by atoms with Gasteiger partial charge in [0.1, 0.15) is 0 Å². The second kappa shape index (κ2) is 5.08. The lowest BCUT2D eigenvalue weighted by molar-refractivity contribution is 0.0695. The zero-order valence-electron chi connectivity index (χ0n) is 11.5. The number of pyridine rings is 1. The summed E-state index contributed by atoms with van der Waals surface area (Å²) in [5.74, 6) is -0.848. The molecule has 1 aromatic carbocycles. The van der Waals surface area contributed by atoms with Crippen LogP contribution in [-0.4, -0.2) is 16.1 Å². The predicted molar refractivity (Wildman–Crippen MR) is 78.0 cm³/mol. The molecule has 3 heteroatoms. The fourth-order valence-corrected chi connectivity index (χ4v) is 2.77. The van der Waals surface area contributed by atoms with Gasteiger partial charge in [0.15, 0.2) is 0 Å². The average Bonchev–Trinajstić information content (AvgIpc) is 2.46. The van der Waals surface area contributed by atoms with Crippen LogP contribution in [0.4, 0.5) is 0 Å². The highest BCUT2D eigenvalue weighted by Crippen LogP contribution is 2.28. The predicted octanol–water partition coefficient (Wildman–Crippen LogP) is 3.63. The summed E-state index contributed by atoms with van der Waals surface area (Å²) in [6.07, 6.45) is 3.86. The van der Waals surface area contributed by atoms with E-state index < -0.39 is 5.97 Å². The first kappa shape index (κ1) is 12.9.